The number of hydrogen-bond donors (Lipinski definition) is 3. The lowest BCUT2D eigenvalue weighted by Gasteiger charge is -2.39. The molecule has 4 unspecified atom stereocenters. The smallest absolute Gasteiger partial charge is 0.111 e. The zero-order chi connectivity index (χ0) is 9.85. The first-order chi connectivity index (χ1) is 5.87. The van der Waals surface area contributed by atoms with Gasteiger partial charge in [0, 0.05) is 6.04 Å². The van der Waals surface area contributed by atoms with Gasteiger partial charge in [-0.1, -0.05) is 0 Å². The SMILES string of the molecule is CC12CC(N)CC(C)(O1)C(O)C2O. The number of aliphatic hydroxyl groups excluding tert-OH is 2. The summed E-state index contributed by atoms with van der Waals surface area (Å²) in [6.07, 6.45) is -0.404. The van der Waals surface area contributed by atoms with Crippen molar-refractivity contribution in [2.45, 2.75) is 56.1 Å². The molecule has 2 aliphatic rings. The fraction of sp³-hybridized carbons (Fsp3) is 1.00. The van der Waals surface area contributed by atoms with Crippen LogP contribution in [0.4, 0.5) is 0 Å². The lowest BCUT2D eigenvalue weighted by molar-refractivity contribution is -0.151. The molecule has 0 saturated carbocycles. The highest BCUT2D eigenvalue weighted by atomic mass is 16.6. The van der Waals surface area contributed by atoms with Crippen molar-refractivity contribution in [3.05, 3.63) is 0 Å². The fourth-order valence-corrected chi connectivity index (χ4v) is 2.76. The average molecular weight is 187 g/mol. The molecule has 76 valence electrons. The quantitative estimate of drug-likeness (QED) is 0.472. The van der Waals surface area contributed by atoms with Crippen molar-refractivity contribution >= 4 is 0 Å². The second-order valence-electron chi connectivity index (χ2n) is 4.79. The van der Waals surface area contributed by atoms with Crippen molar-refractivity contribution < 1.29 is 14.9 Å². The lowest BCUT2D eigenvalue weighted by Crippen LogP contribution is -2.49. The Morgan fingerprint density at radius 3 is 1.92 bits per heavy atom. The Morgan fingerprint density at radius 2 is 1.54 bits per heavy atom. The van der Waals surface area contributed by atoms with E-state index in [4.69, 9.17) is 10.5 Å². The number of fused-ring (bicyclic) bond motifs is 2. The van der Waals surface area contributed by atoms with Crippen LogP contribution in [0.2, 0.25) is 0 Å². The molecule has 0 spiro atoms. The molecule has 2 fully saturated rings. The second-order valence-corrected chi connectivity index (χ2v) is 4.79. The first kappa shape index (κ1) is 9.40. The van der Waals surface area contributed by atoms with Crippen molar-refractivity contribution in [2.75, 3.05) is 0 Å². The van der Waals surface area contributed by atoms with Crippen molar-refractivity contribution in [1.29, 1.82) is 0 Å². The van der Waals surface area contributed by atoms with Gasteiger partial charge in [0.2, 0.25) is 0 Å². The largest absolute Gasteiger partial charge is 0.387 e. The second kappa shape index (κ2) is 2.45. The molecular formula is C9H17NO3. The van der Waals surface area contributed by atoms with Crippen molar-refractivity contribution in [3.63, 3.8) is 0 Å². The van der Waals surface area contributed by atoms with Gasteiger partial charge in [-0.15, -0.1) is 0 Å². The topological polar surface area (TPSA) is 75.7 Å². The zero-order valence-corrected chi connectivity index (χ0v) is 8.03. The molecule has 0 aliphatic carbocycles. The lowest BCUT2D eigenvalue weighted by atomic mass is 9.90. The predicted octanol–water partition coefficient (Wildman–Crippen LogP) is -0.623. The van der Waals surface area contributed by atoms with Gasteiger partial charge in [0.05, 0.1) is 11.2 Å². The van der Waals surface area contributed by atoms with Gasteiger partial charge in [-0.05, 0) is 26.7 Å². The predicted molar refractivity (Wildman–Crippen MR) is 47.1 cm³/mol. The minimum atomic E-state index is -0.814. The highest BCUT2D eigenvalue weighted by Crippen LogP contribution is 2.47. The Labute approximate surface area is 77.7 Å². The molecule has 0 aromatic heterocycles. The third kappa shape index (κ3) is 1.13. The summed E-state index contributed by atoms with van der Waals surface area (Å²) in [4.78, 5) is 0. The number of ether oxygens (including phenoxy) is 1. The summed E-state index contributed by atoms with van der Waals surface area (Å²) in [5.41, 5.74) is 4.53. The van der Waals surface area contributed by atoms with Gasteiger partial charge in [0.1, 0.15) is 12.2 Å². The maximum absolute atomic E-state index is 9.78. The van der Waals surface area contributed by atoms with E-state index in [0.29, 0.717) is 12.8 Å². The van der Waals surface area contributed by atoms with Gasteiger partial charge in [0.15, 0.2) is 0 Å². The molecule has 2 rings (SSSR count). The molecule has 0 aromatic carbocycles. The zero-order valence-electron chi connectivity index (χ0n) is 8.03. The highest BCUT2D eigenvalue weighted by molar-refractivity contribution is 5.11. The van der Waals surface area contributed by atoms with E-state index in [9.17, 15) is 10.2 Å². The molecule has 2 heterocycles. The maximum atomic E-state index is 9.78. The summed E-state index contributed by atoms with van der Waals surface area (Å²) in [5.74, 6) is 0. The summed E-state index contributed by atoms with van der Waals surface area (Å²) in [6, 6.07) is 0.00977. The summed E-state index contributed by atoms with van der Waals surface area (Å²) in [6.45, 7) is 3.62. The summed E-state index contributed by atoms with van der Waals surface area (Å²) in [5, 5.41) is 19.6. The minimum Gasteiger partial charge on any atom is -0.387 e. The van der Waals surface area contributed by atoms with Gasteiger partial charge in [0.25, 0.3) is 0 Å². The van der Waals surface area contributed by atoms with E-state index in [1.807, 2.05) is 13.8 Å². The number of nitrogens with two attached hydrogens (primary N) is 1. The van der Waals surface area contributed by atoms with Gasteiger partial charge in [-0.2, -0.15) is 0 Å². The van der Waals surface area contributed by atoms with Gasteiger partial charge in [-0.3, -0.25) is 0 Å². The van der Waals surface area contributed by atoms with E-state index >= 15 is 0 Å². The molecule has 0 amide bonds. The van der Waals surface area contributed by atoms with Crippen LogP contribution in [0, 0.1) is 0 Å². The molecule has 2 saturated heterocycles. The van der Waals surface area contributed by atoms with Crippen molar-refractivity contribution in [1.82, 2.24) is 0 Å². The molecule has 0 aromatic rings. The van der Waals surface area contributed by atoms with E-state index < -0.39 is 23.4 Å². The fourth-order valence-electron chi connectivity index (χ4n) is 2.76. The molecule has 4 atom stereocenters. The normalized spacial score (nSPS) is 61.2. The Hall–Kier alpha value is -0.160. The monoisotopic (exact) mass is 187 g/mol. The van der Waals surface area contributed by atoms with Crippen LogP contribution in [0.3, 0.4) is 0 Å². The molecule has 4 N–H and O–H groups in total. The Balaban J connectivity index is 2.35. The summed E-state index contributed by atoms with van der Waals surface area (Å²) >= 11 is 0. The van der Waals surface area contributed by atoms with E-state index in [-0.39, 0.29) is 6.04 Å². The minimum absolute atomic E-state index is 0.00977. The van der Waals surface area contributed by atoms with Crippen LogP contribution in [0.25, 0.3) is 0 Å². The standard InChI is InChI=1S/C9H17NO3/c1-8-3-5(10)4-9(2,13-8)7(12)6(8)11/h5-7,11-12H,3-4,10H2,1-2H3. The Bertz CT molecular complexity index is 213. The highest BCUT2D eigenvalue weighted by Gasteiger charge is 2.61. The molecule has 4 nitrogen and oxygen atoms in total. The van der Waals surface area contributed by atoms with Crippen molar-refractivity contribution in [3.8, 4) is 0 Å². The van der Waals surface area contributed by atoms with Crippen LogP contribution in [0.5, 0.6) is 0 Å². The number of aliphatic hydroxyl groups is 2. The summed E-state index contributed by atoms with van der Waals surface area (Å²) in [7, 11) is 0. The molecule has 4 heteroatoms. The third-order valence-corrected chi connectivity index (χ3v) is 3.35. The summed E-state index contributed by atoms with van der Waals surface area (Å²) < 4.78 is 5.69. The number of rotatable bonds is 0. The third-order valence-electron chi connectivity index (χ3n) is 3.35. The maximum Gasteiger partial charge on any atom is 0.111 e. The molecule has 0 radical (unpaired) electrons. The molecule has 13 heavy (non-hydrogen) atoms. The van der Waals surface area contributed by atoms with E-state index in [1.54, 1.807) is 0 Å². The van der Waals surface area contributed by atoms with Crippen molar-refractivity contribution in [2.24, 2.45) is 5.73 Å². The van der Waals surface area contributed by atoms with Gasteiger partial charge in [-0.25, -0.2) is 0 Å². The number of hydrogen-bond acceptors (Lipinski definition) is 4. The first-order valence-corrected chi connectivity index (χ1v) is 4.69. The molecular weight excluding hydrogens is 170 g/mol. The first-order valence-electron chi connectivity index (χ1n) is 4.69. The Morgan fingerprint density at radius 1 is 1.15 bits per heavy atom. The van der Waals surface area contributed by atoms with E-state index in [2.05, 4.69) is 0 Å². The van der Waals surface area contributed by atoms with E-state index in [0.717, 1.165) is 0 Å². The van der Waals surface area contributed by atoms with Crippen LogP contribution in [0.15, 0.2) is 0 Å². The van der Waals surface area contributed by atoms with Crippen LogP contribution in [-0.4, -0.2) is 39.7 Å². The van der Waals surface area contributed by atoms with Gasteiger partial charge < -0.3 is 20.7 Å². The van der Waals surface area contributed by atoms with Crippen LogP contribution in [0.1, 0.15) is 26.7 Å². The van der Waals surface area contributed by atoms with Gasteiger partial charge >= 0.3 is 0 Å². The van der Waals surface area contributed by atoms with Crippen LogP contribution >= 0.6 is 0 Å². The molecule has 2 bridgehead atoms. The van der Waals surface area contributed by atoms with E-state index in [1.165, 1.54) is 0 Å². The average Bonchev–Trinajstić information content (AvgIpc) is 2.08. The Kier molecular flexibility index (Phi) is 1.77. The molecule has 2 aliphatic heterocycles. The van der Waals surface area contributed by atoms with Crippen LogP contribution in [-0.2, 0) is 4.74 Å². The van der Waals surface area contributed by atoms with Crippen LogP contribution < -0.4 is 5.73 Å².